The summed E-state index contributed by atoms with van der Waals surface area (Å²) in [5.41, 5.74) is 0.720. The Morgan fingerprint density at radius 1 is 1.22 bits per heavy atom. The summed E-state index contributed by atoms with van der Waals surface area (Å²) in [6.45, 7) is 8.45. The van der Waals surface area contributed by atoms with E-state index in [1.165, 1.54) is 0 Å². The van der Waals surface area contributed by atoms with Crippen LogP contribution in [-0.2, 0) is 14.6 Å². The first-order chi connectivity index (χ1) is 10.6. The van der Waals surface area contributed by atoms with Crippen molar-refractivity contribution in [2.24, 2.45) is 11.8 Å². The zero-order valence-corrected chi connectivity index (χ0v) is 16.4. The van der Waals surface area contributed by atoms with Crippen LogP contribution in [0.2, 0.25) is 0 Å². The fourth-order valence-corrected chi connectivity index (χ4v) is 5.19. The molecule has 1 aromatic rings. The number of alkyl halides is 1. The van der Waals surface area contributed by atoms with E-state index < -0.39 is 15.8 Å². The van der Waals surface area contributed by atoms with E-state index in [0.29, 0.717) is 16.8 Å². The molecule has 0 aliphatic carbocycles. The highest BCUT2D eigenvalue weighted by molar-refractivity contribution is 9.09. The number of aryl methyl sites for hydroxylation is 1. The molecular weight excluding hydrogens is 378 g/mol. The molecule has 0 unspecified atom stereocenters. The minimum atomic E-state index is -3.47. The summed E-state index contributed by atoms with van der Waals surface area (Å²) in [5.74, 6) is -0.655. The normalized spacial score (nSPS) is 22.7. The molecule has 23 heavy (non-hydrogen) atoms. The Morgan fingerprint density at radius 3 is 2.26 bits per heavy atom. The number of halogens is 1. The molecule has 2 rings (SSSR count). The Kier molecular flexibility index (Phi) is 5.26. The highest BCUT2D eigenvalue weighted by atomic mass is 79.9. The van der Waals surface area contributed by atoms with Gasteiger partial charge in [0.2, 0.25) is 5.91 Å². The average Bonchev–Trinajstić information content (AvgIpc) is 2.75. The Morgan fingerprint density at radius 2 is 1.78 bits per heavy atom. The molecule has 1 heterocycles. The van der Waals surface area contributed by atoms with Gasteiger partial charge in [-0.2, -0.15) is 0 Å². The maximum atomic E-state index is 12.7. The van der Waals surface area contributed by atoms with Crippen LogP contribution in [0, 0.1) is 18.8 Å². The SMILES string of the molecule is Cc1ccc(S(=O)(=O)C[C@@H]2C(=O)N(C(C)(C)C)C[C@@H]2CBr)cc1. The van der Waals surface area contributed by atoms with Crippen molar-refractivity contribution in [3.63, 3.8) is 0 Å². The zero-order chi connectivity index (χ0) is 17.4. The predicted molar refractivity (Wildman–Crippen MR) is 95.5 cm³/mol. The first-order valence-corrected chi connectivity index (χ1v) is 10.5. The maximum Gasteiger partial charge on any atom is 0.227 e. The standard InChI is InChI=1S/C17H24BrNO3S/c1-12-5-7-14(8-6-12)23(21,22)11-15-13(9-18)10-19(16(15)20)17(2,3)4/h5-8,13,15H,9-11H2,1-4H3/t13-,15-/m0/s1. The first kappa shape index (κ1) is 18.5. The predicted octanol–water partition coefficient (Wildman–Crippen LogP) is 3.04. The topological polar surface area (TPSA) is 54.5 Å². The third-order valence-corrected chi connectivity index (χ3v) is 6.98. The number of hydrogen-bond acceptors (Lipinski definition) is 3. The number of nitrogens with zero attached hydrogens (tertiary/aromatic N) is 1. The van der Waals surface area contributed by atoms with Gasteiger partial charge in [0, 0.05) is 17.4 Å². The van der Waals surface area contributed by atoms with E-state index in [2.05, 4.69) is 15.9 Å². The molecule has 1 amide bonds. The van der Waals surface area contributed by atoms with Gasteiger partial charge in [-0.3, -0.25) is 4.79 Å². The number of likely N-dealkylation sites (tertiary alicyclic amines) is 1. The van der Waals surface area contributed by atoms with E-state index in [-0.39, 0.29) is 23.1 Å². The second-order valence-electron chi connectivity index (χ2n) is 7.24. The minimum Gasteiger partial charge on any atom is -0.337 e. The number of benzene rings is 1. The van der Waals surface area contributed by atoms with Crippen LogP contribution < -0.4 is 0 Å². The van der Waals surface area contributed by atoms with Gasteiger partial charge in [-0.25, -0.2) is 8.42 Å². The van der Waals surface area contributed by atoms with E-state index in [1.807, 2.05) is 27.7 Å². The van der Waals surface area contributed by atoms with Gasteiger partial charge in [0.15, 0.2) is 9.84 Å². The van der Waals surface area contributed by atoms with Crippen molar-refractivity contribution in [1.29, 1.82) is 0 Å². The summed E-state index contributed by atoms with van der Waals surface area (Å²) in [6.07, 6.45) is 0. The van der Waals surface area contributed by atoms with Crippen LogP contribution in [0.5, 0.6) is 0 Å². The van der Waals surface area contributed by atoms with Gasteiger partial charge in [0.25, 0.3) is 0 Å². The lowest BCUT2D eigenvalue weighted by atomic mass is 10.00. The summed E-state index contributed by atoms with van der Waals surface area (Å²) in [7, 11) is -3.47. The highest BCUT2D eigenvalue weighted by Gasteiger charge is 2.45. The van der Waals surface area contributed by atoms with Crippen molar-refractivity contribution in [2.75, 3.05) is 17.6 Å². The summed E-state index contributed by atoms with van der Waals surface area (Å²) >= 11 is 3.44. The molecule has 0 radical (unpaired) electrons. The molecule has 1 aliphatic heterocycles. The largest absolute Gasteiger partial charge is 0.337 e. The lowest BCUT2D eigenvalue weighted by Gasteiger charge is -2.32. The molecule has 0 aromatic heterocycles. The Bertz CT molecular complexity index is 677. The van der Waals surface area contributed by atoms with E-state index >= 15 is 0 Å². The molecule has 4 nitrogen and oxygen atoms in total. The van der Waals surface area contributed by atoms with E-state index in [4.69, 9.17) is 0 Å². The number of hydrogen-bond donors (Lipinski definition) is 0. The molecule has 1 aromatic carbocycles. The van der Waals surface area contributed by atoms with Crippen molar-refractivity contribution in [2.45, 2.75) is 38.1 Å². The quantitative estimate of drug-likeness (QED) is 0.728. The number of carbonyl (C=O) groups excluding carboxylic acids is 1. The number of sulfone groups is 1. The zero-order valence-electron chi connectivity index (χ0n) is 14.0. The summed E-state index contributed by atoms with van der Waals surface area (Å²) in [5, 5.41) is 0.624. The van der Waals surface area contributed by atoms with Crippen LogP contribution in [0.3, 0.4) is 0 Å². The molecule has 1 aliphatic rings. The molecule has 0 saturated carbocycles. The highest BCUT2D eigenvalue weighted by Crippen LogP contribution is 2.33. The Hall–Kier alpha value is -0.880. The van der Waals surface area contributed by atoms with E-state index in [1.54, 1.807) is 29.2 Å². The number of carbonyl (C=O) groups is 1. The third kappa shape index (κ3) is 3.97. The smallest absolute Gasteiger partial charge is 0.227 e. The maximum absolute atomic E-state index is 12.7. The molecule has 1 fully saturated rings. The molecule has 2 atom stereocenters. The van der Waals surface area contributed by atoms with Crippen molar-refractivity contribution in [3.05, 3.63) is 29.8 Å². The monoisotopic (exact) mass is 401 g/mol. The molecule has 6 heteroatoms. The van der Waals surface area contributed by atoms with Crippen molar-refractivity contribution in [3.8, 4) is 0 Å². The minimum absolute atomic E-state index is 0.0157. The summed E-state index contributed by atoms with van der Waals surface area (Å²) < 4.78 is 25.4. The lowest BCUT2D eigenvalue weighted by Crippen LogP contribution is -2.43. The van der Waals surface area contributed by atoms with Crippen molar-refractivity contribution >= 4 is 31.7 Å². The molecule has 0 bridgehead atoms. The third-order valence-electron chi connectivity index (χ3n) is 4.36. The van der Waals surface area contributed by atoms with Crippen LogP contribution in [0.25, 0.3) is 0 Å². The number of rotatable bonds is 4. The van der Waals surface area contributed by atoms with Gasteiger partial charge in [-0.15, -0.1) is 0 Å². The van der Waals surface area contributed by atoms with Crippen LogP contribution in [0.1, 0.15) is 26.3 Å². The number of amides is 1. The fourth-order valence-electron chi connectivity index (χ4n) is 2.90. The van der Waals surface area contributed by atoms with Gasteiger partial charge in [0.1, 0.15) is 0 Å². The molecular formula is C17H24BrNO3S. The van der Waals surface area contributed by atoms with Gasteiger partial charge in [-0.1, -0.05) is 33.6 Å². The van der Waals surface area contributed by atoms with Crippen LogP contribution >= 0.6 is 15.9 Å². The average molecular weight is 402 g/mol. The van der Waals surface area contributed by atoms with Crippen LogP contribution in [-0.4, -0.2) is 42.4 Å². The van der Waals surface area contributed by atoms with Gasteiger partial charge < -0.3 is 4.90 Å². The molecule has 0 spiro atoms. The summed E-state index contributed by atoms with van der Waals surface area (Å²) in [4.78, 5) is 14.8. The van der Waals surface area contributed by atoms with Crippen molar-refractivity contribution in [1.82, 2.24) is 4.90 Å². The first-order valence-electron chi connectivity index (χ1n) is 7.73. The lowest BCUT2D eigenvalue weighted by molar-refractivity contribution is -0.134. The van der Waals surface area contributed by atoms with E-state index in [9.17, 15) is 13.2 Å². The fraction of sp³-hybridized carbons (Fsp3) is 0.588. The van der Waals surface area contributed by atoms with Gasteiger partial charge in [0.05, 0.1) is 16.6 Å². The second-order valence-corrected chi connectivity index (χ2v) is 9.92. The van der Waals surface area contributed by atoms with Gasteiger partial charge >= 0.3 is 0 Å². The molecule has 0 N–H and O–H groups in total. The van der Waals surface area contributed by atoms with E-state index in [0.717, 1.165) is 5.56 Å². The Labute approximate surface area is 147 Å². The molecule has 1 saturated heterocycles. The molecule has 128 valence electrons. The second kappa shape index (κ2) is 6.55. The van der Waals surface area contributed by atoms with Crippen LogP contribution in [0.15, 0.2) is 29.2 Å². The van der Waals surface area contributed by atoms with Crippen LogP contribution in [0.4, 0.5) is 0 Å². The Balaban J connectivity index is 2.27. The van der Waals surface area contributed by atoms with Gasteiger partial charge in [-0.05, 0) is 45.7 Å². The summed E-state index contributed by atoms with van der Waals surface area (Å²) in [6, 6.07) is 6.81. The van der Waals surface area contributed by atoms with Crippen molar-refractivity contribution < 1.29 is 13.2 Å².